The highest BCUT2D eigenvalue weighted by molar-refractivity contribution is 14.1. The molecule has 0 rings (SSSR count). The van der Waals surface area contributed by atoms with E-state index in [0.29, 0.717) is 6.61 Å². The summed E-state index contributed by atoms with van der Waals surface area (Å²) in [6, 6.07) is 0. The Morgan fingerprint density at radius 2 is 1.67 bits per heavy atom. The first kappa shape index (κ1) is 12.7. The van der Waals surface area contributed by atoms with E-state index in [-0.39, 0.29) is 0 Å². The molecule has 0 aromatic carbocycles. The number of hydrogen-bond donors (Lipinski definition) is 1. The van der Waals surface area contributed by atoms with E-state index in [1.807, 2.05) is 0 Å². The van der Waals surface area contributed by atoms with E-state index < -0.39 is 0 Å². The number of rotatable bonds is 8. The zero-order valence-corrected chi connectivity index (χ0v) is 10.2. The molecule has 12 heavy (non-hydrogen) atoms. The zero-order chi connectivity index (χ0) is 9.23. The molecule has 0 radical (unpaired) electrons. The van der Waals surface area contributed by atoms with Crippen LogP contribution in [0, 0.1) is 5.92 Å². The van der Waals surface area contributed by atoms with Crippen LogP contribution in [-0.4, -0.2) is 16.1 Å². The van der Waals surface area contributed by atoms with Crippen LogP contribution in [0.1, 0.15) is 45.4 Å². The molecule has 0 saturated carbocycles. The third kappa shape index (κ3) is 8.78. The molecule has 2 heteroatoms. The highest BCUT2D eigenvalue weighted by atomic mass is 127. The van der Waals surface area contributed by atoms with E-state index in [1.54, 1.807) is 0 Å². The normalized spacial score (nSPS) is 13.2. The number of halogens is 1. The number of unbranched alkanes of at least 4 members (excludes halogenated alkanes) is 2. The maximum Gasteiger partial charge on any atom is 0.0431 e. The van der Waals surface area contributed by atoms with Gasteiger partial charge >= 0.3 is 0 Å². The van der Waals surface area contributed by atoms with E-state index >= 15 is 0 Å². The fraction of sp³-hybridized carbons (Fsp3) is 1.00. The van der Waals surface area contributed by atoms with Crippen LogP contribution >= 0.6 is 22.6 Å². The van der Waals surface area contributed by atoms with Crippen molar-refractivity contribution in [2.75, 3.05) is 11.0 Å². The molecule has 0 spiro atoms. The van der Waals surface area contributed by atoms with Crippen molar-refractivity contribution >= 4 is 22.6 Å². The Morgan fingerprint density at radius 3 is 2.17 bits per heavy atom. The van der Waals surface area contributed by atoms with Gasteiger partial charge in [0.2, 0.25) is 0 Å². The van der Waals surface area contributed by atoms with Gasteiger partial charge in [0.05, 0.1) is 0 Å². The van der Waals surface area contributed by atoms with Crippen LogP contribution in [0.15, 0.2) is 0 Å². The Kier molecular flexibility index (Phi) is 10.3. The second-order valence-corrected chi connectivity index (χ2v) is 4.59. The van der Waals surface area contributed by atoms with Gasteiger partial charge in [-0.15, -0.1) is 0 Å². The predicted molar refractivity (Wildman–Crippen MR) is 62.8 cm³/mol. The molecule has 0 unspecified atom stereocenters. The van der Waals surface area contributed by atoms with Crippen LogP contribution in [-0.2, 0) is 0 Å². The molecule has 1 N–H and O–H groups in total. The van der Waals surface area contributed by atoms with Crippen LogP contribution in [0.2, 0.25) is 0 Å². The van der Waals surface area contributed by atoms with E-state index in [2.05, 4.69) is 29.5 Å². The smallest absolute Gasteiger partial charge is 0.0431 e. The van der Waals surface area contributed by atoms with Crippen molar-refractivity contribution in [2.45, 2.75) is 45.4 Å². The summed E-state index contributed by atoms with van der Waals surface area (Å²) in [5.41, 5.74) is 0. The molecule has 0 fully saturated rings. The standard InChI is InChI=1S/C10H21IO/c1-10(6-2-4-8-11)7-3-5-9-12/h10,12H,2-9H2,1H3/t10-/m1/s1. The minimum Gasteiger partial charge on any atom is -0.396 e. The first-order chi connectivity index (χ1) is 5.81. The molecule has 0 heterocycles. The number of aliphatic hydroxyl groups is 1. The van der Waals surface area contributed by atoms with Crippen molar-refractivity contribution in [3.63, 3.8) is 0 Å². The Bertz CT molecular complexity index is 75.9. The highest BCUT2D eigenvalue weighted by Gasteiger charge is 2.00. The van der Waals surface area contributed by atoms with Crippen molar-refractivity contribution in [3.05, 3.63) is 0 Å². The van der Waals surface area contributed by atoms with Gasteiger partial charge in [-0.2, -0.15) is 0 Å². The predicted octanol–water partition coefficient (Wildman–Crippen LogP) is 3.39. The minimum absolute atomic E-state index is 0.362. The molecule has 0 aliphatic heterocycles. The zero-order valence-electron chi connectivity index (χ0n) is 8.06. The molecule has 0 saturated heterocycles. The van der Waals surface area contributed by atoms with Crippen LogP contribution in [0.3, 0.4) is 0 Å². The van der Waals surface area contributed by atoms with Crippen LogP contribution in [0.5, 0.6) is 0 Å². The molecule has 0 bridgehead atoms. The largest absolute Gasteiger partial charge is 0.396 e. The molecule has 1 nitrogen and oxygen atoms in total. The second-order valence-electron chi connectivity index (χ2n) is 3.51. The maximum absolute atomic E-state index is 8.59. The van der Waals surface area contributed by atoms with E-state index in [4.69, 9.17) is 5.11 Å². The van der Waals surface area contributed by atoms with Crippen molar-refractivity contribution in [2.24, 2.45) is 5.92 Å². The lowest BCUT2D eigenvalue weighted by Gasteiger charge is -2.09. The Balaban J connectivity index is 3.04. The van der Waals surface area contributed by atoms with Gasteiger partial charge < -0.3 is 5.11 Å². The Morgan fingerprint density at radius 1 is 1.08 bits per heavy atom. The van der Waals surface area contributed by atoms with Gasteiger partial charge in [0.25, 0.3) is 0 Å². The topological polar surface area (TPSA) is 20.2 Å². The quantitative estimate of drug-likeness (QED) is 0.411. The molecule has 0 aromatic heterocycles. The highest BCUT2D eigenvalue weighted by Crippen LogP contribution is 2.15. The van der Waals surface area contributed by atoms with Crippen molar-refractivity contribution in [1.82, 2.24) is 0 Å². The van der Waals surface area contributed by atoms with Crippen molar-refractivity contribution in [3.8, 4) is 0 Å². The van der Waals surface area contributed by atoms with Gasteiger partial charge in [-0.1, -0.05) is 55.2 Å². The molecular weight excluding hydrogens is 263 g/mol. The summed E-state index contributed by atoms with van der Waals surface area (Å²) in [6.07, 6.45) is 7.59. The number of aliphatic hydroxyl groups excluding tert-OH is 1. The lowest BCUT2D eigenvalue weighted by molar-refractivity contribution is 0.277. The fourth-order valence-corrected chi connectivity index (χ4v) is 1.88. The van der Waals surface area contributed by atoms with Gasteiger partial charge in [-0.25, -0.2) is 0 Å². The van der Waals surface area contributed by atoms with Crippen LogP contribution in [0.4, 0.5) is 0 Å². The van der Waals surface area contributed by atoms with Crippen molar-refractivity contribution < 1.29 is 5.11 Å². The first-order valence-electron chi connectivity index (χ1n) is 4.98. The molecule has 0 aromatic rings. The van der Waals surface area contributed by atoms with E-state index in [0.717, 1.165) is 12.3 Å². The summed E-state index contributed by atoms with van der Waals surface area (Å²) in [7, 11) is 0. The van der Waals surface area contributed by atoms with Gasteiger partial charge in [0, 0.05) is 6.61 Å². The minimum atomic E-state index is 0.362. The summed E-state index contributed by atoms with van der Waals surface area (Å²) in [4.78, 5) is 0. The van der Waals surface area contributed by atoms with Gasteiger partial charge in [0.1, 0.15) is 0 Å². The summed E-state index contributed by atoms with van der Waals surface area (Å²) < 4.78 is 1.29. The summed E-state index contributed by atoms with van der Waals surface area (Å²) in [5.74, 6) is 0.861. The van der Waals surface area contributed by atoms with E-state index in [9.17, 15) is 0 Å². The maximum atomic E-state index is 8.59. The average molecular weight is 284 g/mol. The van der Waals surface area contributed by atoms with Gasteiger partial charge in [-0.05, 0) is 23.2 Å². The SMILES string of the molecule is C[C@@H](CCCCO)CCCCI. The van der Waals surface area contributed by atoms with Crippen LogP contribution in [0.25, 0.3) is 0 Å². The lowest BCUT2D eigenvalue weighted by atomic mass is 9.98. The summed E-state index contributed by atoms with van der Waals surface area (Å²) in [5, 5.41) is 8.59. The third-order valence-corrected chi connectivity index (χ3v) is 2.95. The number of alkyl halides is 1. The van der Waals surface area contributed by atoms with E-state index in [1.165, 1.54) is 36.5 Å². The monoisotopic (exact) mass is 284 g/mol. The van der Waals surface area contributed by atoms with Gasteiger partial charge in [0.15, 0.2) is 0 Å². The van der Waals surface area contributed by atoms with Crippen molar-refractivity contribution in [1.29, 1.82) is 0 Å². The Labute approximate surface area is 90.1 Å². The number of hydrogen-bond acceptors (Lipinski definition) is 1. The summed E-state index contributed by atoms with van der Waals surface area (Å²) >= 11 is 2.44. The first-order valence-corrected chi connectivity index (χ1v) is 6.50. The lowest BCUT2D eigenvalue weighted by Crippen LogP contribution is -1.96. The Hall–Kier alpha value is 0.690. The molecule has 74 valence electrons. The summed E-state index contributed by atoms with van der Waals surface area (Å²) in [6.45, 7) is 2.69. The second kappa shape index (κ2) is 9.78. The third-order valence-electron chi connectivity index (χ3n) is 2.19. The average Bonchev–Trinajstić information content (AvgIpc) is 2.06. The van der Waals surface area contributed by atoms with Crippen LogP contribution < -0.4 is 0 Å². The molecule has 0 aliphatic carbocycles. The molecule has 0 amide bonds. The molecular formula is C10H21IO. The molecule has 0 aliphatic rings. The fourth-order valence-electron chi connectivity index (χ4n) is 1.34. The molecule has 1 atom stereocenters. The van der Waals surface area contributed by atoms with Gasteiger partial charge in [-0.3, -0.25) is 0 Å².